The fraction of sp³-hybridized carbons (Fsp3) is 0.0667. The van der Waals surface area contributed by atoms with Gasteiger partial charge in [-0.15, -0.1) is 0 Å². The van der Waals surface area contributed by atoms with Gasteiger partial charge in [0.25, 0.3) is 0 Å². The van der Waals surface area contributed by atoms with Gasteiger partial charge in [0, 0.05) is 11.3 Å². The third-order valence-corrected chi connectivity index (χ3v) is 4.18. The molecule has 0 atom stereocenters. The maximum atomic E-state index is 11.3. The van der Waals surface area contributed by atoms with Gasteiger partial charge in [-0.2, -0.15) is 15.8 Å². The van der Waals surface area contributed by atoms with Crippen LogP contribution < -0.4 is 16.2 Å². The first-order valence-corrected chi connectivity index (χ1v) is 8.25. The van der Waals surface area contributed by atoms with Gasteiger partial charge >= 0.3 is 0 Å². The van der Waals surface area contributed by atoms with Crippen LogP contribution in [-0.2, 0) is 16.4 Å². The van der Waals surface area contributed by atoms with E-state index in [1.54, 1.807) is 0 Å². The number of nitrogen functional groups attached to an aromatic ring is 1. The van der Waals surface area contributed by atoms with Crippen molar-refractivity contribution in [3.8, 4) is 18.2 Å². The molecule has 25 heavy (non-hydrogen) atoms. The van der Waals surface area contributed by atoms with Gasteiger partial charge in [0.2, 0.25) is 10.0 Å². The Morgan fingerprint density at radius 2 is 1.68 bits per heavy atom. The first-order chi connectivity index (χ1) is 11.8. The molecular weight excluding hydrogens is 342 g/mol. The largest absolute Gasteiger partial charge is 0.383 e. The number of benzene rings is 1. The van der Waals surface area contributed by atoms with E-state index in [2.05, 4.69) is 10.3 Å². The zero-order valence-electron chi connectivity index (χ0n) is 12.7. The number of anilines is 3. The monoisotopic (exact) mass is 353 g/mol. The molecule has 124 valence electrons. The van der Waals surface area contributed by atoms with Crippen LogP contribution in [0.25, 0.3) is 0 Å². The molecule has 0 saturated heterocycles. The lowest BCUT2D eigenvalue weighted by atomic mass is 10.0. The van der Waals surface area contributed by atoms with Crippen molar-refractivity contribution in [3.63, 3.8) is 0 Å². The first kappa shape index (κ1) is 17.7. The highest BCUT2D eigenvalue weighted by Gasteiger charge is 2.18. The van der Waals surface area contributed by atoms with Crippen molar-refractivity contribution >= 4 is 27.3 Å². The Hall–Kier alpha value is -3.65. The molecule has 0 fully saturated rings. The van der Waals surface area contributed by atoms with E-state index in [4.69, 9.17) is 21.4 Å². The van der Waals surface area contributed by atoms with Crippen molar-refractivity contribution in [2.24, 2.45) is 5.14 Å². The number of hydrogen-bond acceptors (Lipinski definition) is 8. The number of nitrogens with two attached hydrogens (primary N) is 2. The lowest BCUT2D eigenvalue weighted by Crippen LogP contribution is -2.12. The van der Waals surface area contributed by atoms with Gasteiger partial charge in [-0.3, -0.25) is 0 Å². The summed E-state index contributed by atoms with van der Waals surface area (Å²) in [7, 11) is -3.82. The Bertz CT molecular complexity index is 1060. The second kappa shape index (κ2) is 6.85. The van der Waals surface area contributed by atoms with Crippen LogP contribution in [0.4, 0.5) is 17.3 Å². The molecule has 2 aromatic rings. The number of nitrogens with zero attached hydrogens (tertiary/aromatic N) is 4. The summed E-state index contributed by atoms with van der Waals surface area (Å²) in [6, 6.07) is 11.1. The first-order valence-electron chi connectivity index (χ1n) is 6.71. The molecule has 0 saturated carbocycles. The maximum absolute atomic E-state index is 11.3. The third-order valence-electron chi connectivity index (χ3n) is 3.25. The standard InChI is InChI=1S/C15H11N7O2S/c16-6-5-11-12(7-17)14(19)22-15(13(11)8-18)21-9-1-3-10(4-2-9)25(20,23)24/h1-4H,5H2,(H3,19,21,22)(H2,20,23,24). The smallest absolute Gasteiger partial charge is 0.238 e. The van der Waals surface area contributed by atoms with E-state index in [0.29, 0.717) is 5.69 Å². The summed E-state index contributed by atoms with van der Waals surface area (Å²) in [6.45, 7) is 0. The van der Waals surface area contributed by atoms with Crippen LogP contribution in [0.1, 0.15) is 16.7 Å². The third kappa shape index (κ3) is 3.65. The number of nitriles is 3. The quantitative estimate of drug-likeness (QED) is 0.722. The molecule has 1 aromatic carbocycles. The van der Waals surface area contributed by atoms with Gasteiger partial charge < -0.3 is 11.1 Å². The summed E-state index contributed by atoms with van der Waals surface area (Å²) < 4.78 is 22.5. The summed E-state index contributed by atoms with van der Waals surface area (Å²) in [6.07, 6.45) is -0.183. The van der Waals surface area contributed by atoms with Crippen molar-refractivity contribution in [1.82, 2.24) is 4.98 Å². The average molecular weight is 353 g/mol. The second-order valence-corrected chi connectivity index (χ2v) is 6.39. The minimum atomic E-state index is -3.82. The molecule has 0 bridgehead atoms. The molecule has 1 aromatic heterocycles. The highest BCUT2D eigenvalue weighted by molar-refractivity contribution is 7.89. The van der Waals surface area contributed by atoms with E-state index in [9.17, 15) is 13.7 Å². The SMILES string of the molecule is N#CCc1c(C#N)c(N)nc(Nc2ccc(S(N)(=O)=O)cc2)c1C#N. The summed E-state index contributed by atoms with van der Waals surface area (Å²) in [5.41, 5.74) is 6.33. The minimum Gasteiger partial charge on any atom is -0.383 e. The van der Waals surface area contributed by atoms with Crippen molar-refractivity contribution in [2.45, 2.75) is 11.3 Å². The topological polar surface area (TPSA) is 182 Å². The van der Waals surface area contributed by atoms with Crippen LogP contribution in [0, 0.1) is 34.0 Å². The zero-order valence-corrected chi connectivity index (χ0v) is 13.5. The van der Waals surface area contributed by atoms with E-state index in [1.807, 2.05) is 18.2 Å². The molecule has 0 aliphatic carbocycles. The number of rotatable bonds is 4. The van der Waals surface area contributed by atoms with Gasteiger partial charge in [0.1, 0.15) is 23.5 Å². The Labute approximate surface area is 143 Å². The summed E-state index contributed by atoms with van der Waals surface area (Å²) in [4.78, 5) is 3.92. The second-order valence-electron chi connectivity index (χ2n) is 4.83. The summed E-state index contributed by atoms with van der Waals surface area (Å²) in [5.74, 6) is -0.0528. The number of hydrogen-bond donors (Lipinski definition) is 3. The number of pyridine rings is 1. The predicted molar refractivity (Wildman–Crippen MR) is 88.5 cm³/mol. The van der Waals surface area contributed by atoms with E-state index in [-0.39, 0.29) is 39.6 Å². The molecule has 0 amide bonds. The Morgan fingerprint density at radius 1 is 1.08 bits per heavy atom. The number of sulfonamides is 1. The van der Waals surface area contributed by atoms with Crippen molar-refractivity contribution < 1.29 is 8.42 Å². The van der Waals surface area contributed by atoms with Crippen LogP contribution >= 0.6 is 0 Å². The Morgan fingerprint density at radius 3 is 2.16 bits per heavy atom. The molecule has 9 nitrogen and oxygen atoms in total. The molecule has 0 spiro atoms. The number of aromatic nitrogens is 1. The van der Waals surface area contributed by atoms with Gasteiger partial charge in [0.15, 0.2) is 5.82 Å². The van der Waals surface area contributed by atoms with Crippen molar-refractivity contribution in [2.75, 3.05) is 11.1 Å². The van der Waals surface area contributed by atoms with Crippen LogP contribution in [0.3, 0.4) is 0 Å². The van der Waals surface area contributed by atoms with Crippen molar-refractivity contribution in [1.29, 1.82) is 15.8 Å². The molecule has 10 heteroatoms. The van der Waals surface area contributed by atoms with Gasteiger partial charge in [-0.1, -0.05) is 0 Å². The molecule has 0 radical (unpaired) electrons. The highest BCUT2D eigenvalue weighted by atomic mass is 32.2. The molecule has 0 aliphatic heterocycles. The molecule has 5 N–H and O–H groups in total. The molecule has 1 heterocycles. The van der Waals surface area contributed by atoms with E-state index >= 15 is 0 Å². The molecule has 0 aliphatic rings. The normalized spacial score (nSPS) is 10.3. The molecule has 0 unspecified atom stereocenters. The van der Waals surface area contributed by atoms with E-state index in [1.165, 1.54) is 24.3 Å². The summed E-state index contributed by atoms with van der Waals surface area (Å²) >= 11 is 0. The number of nitrogens with one attached hydrogen (secondary N) is 1. The van der Waals surface area contributed by atoms with Crippen LogP contribution in [0.5, 0.6) is 0 Å². The van der Waals surface area contributed by atoms with Gasteiger partial charge in [-0.25, -0.2) is 18.5 Å². The van der Waals surface area contributed by atoms with Gasteiger partial charge in [-0.05, 0) is 24.3 Å². The Balaban J connectivity index is 2.52. The lowest BCUT2D eigenvalue weighted by Gasteiger charge is -2.13. The van der Waals surface area contributed by atoms with E-state index in [0.717, 1.165) is 0 Å². The Kier molecular flexibility index (Phi) is 4.85. The average Bonchev–Trinajstić information content (AvgIpc) is 2.55. The molecular formula is C15H11N7O2S. The van der Waals surface area contributed by atoms with Crippen LogP contribution in [0.2, 0.25) is 0 Å². The zero-order chi connectivity index (χ0) is 18.6. The highest BCUT2D eigenvalue weighted by Crippen LogP contribution is 2.28. The fourth-order valence-electron chi connectivity index (χ4n) is 2.11. The summed E-state index contributed by atoms with van der Waals surface area (Å²) in [5, 5.41) is 35.3. The van der Waals surface area contributed by atoms with E-state index < -0.39 is 10.0 Å². The van der Waals surface area contributed by atoms with Crippen molar-refractivity contribution in [3.05, 3.63) is 41.0 Å². The fourth-order valence-corrected chi connectivity index (χ4v) is 2.63. The molecule has 2 rings (SSSR count). The predicted octanol–water partition coefficient (Wildman–Crippen LogP) is 0.864. The minimum absolute atomic E-state index is 0.0165. The lowest BCUT2D eigenvalue weighted by molar-refractivity contribution is 0.598. The number of primary sulfonamides is 1. The van der Waals surface area contributed by atoms with Crippen LogP contribution in [-0.4, -0.2) is 13.4 Å². The maximum Gasteiger partial charge on any atom is 0.238 e. The van der Waals surface area contributed by atoms with Gasteiger partial charge in [0.05, 0.1) is 22.9 Å². The van der Waals surface area contributed by atoms with Crippen LogP contribution in [0.15, 0.2) is 29.2 Å².